The van der Waals surface area contributed by atoms with Crippen molar-refractivity contribution >= 4 is 0 Å². The number of nitrogens with one attached hydrogen (secondary N) is 1. The Kier molecular flexibility index (Phi) is 4.61. The van der Waals surface area contributed by atoms with Gasteiger partial charge in [-0.05, 0) is 44.5 Å². The minimum Gasteiger partial charge on any atom is -0.497 e. The third-order valence-corrected chi connectivity index (χ3v) is 4.06. The lowest BCUT2D eigenvalue weighted by molar-refractivity contribution is 0.155. The summed E-state index contributed by atoms with van der Waals surface area (Å²) in [6.45, 7) is 4.63. The summed E-state index contributed by atoms with van der Waals surface area (Å²) in [5.41, 5.74) is 1.34. The van der Waals surface area contributed by atoms with E-state index in [1.54, 1.807) is 7.11 Å². The van der Waals surface area contributed by atoms with Gasteiger partial charge in [0, 0.05) is 25.2 Å². The average Bonchev–Trinajstić information content (AvgIpc) is 2.46. The van der Waals surface area contributed by atoms with Crippen LogP contribution in [0.5, 0.6) is 5.75 Å². The van der Waals surface area contributed by atoms with Crippen LogP contribution in [0.15, 0.2) is 24.3 Å². The van der Waals surface area contributed by atoms with Crippen LogP contribution in [0.1, 0.15) is 31.4 Å². The van der Waals surface area contributed by atoms with Crippen LogP contribution in [0.2, 0.25) is 0 Å². The Morgan fingerprint density at radius 3 is 2.67 bits per heavy atom. The standard InChI is InChI=1S/C15H24N2O/c1-12(13-5-4-6-15(11-13)18-3)17-9-7-14(16-2)8-10-17/h4-6,11-12,14,16H,7-10H2,1-3H3. The first-order valence-electron chi connectivity index (χ1n) is 6.80. The molecule has 0 saturated carbocycles. The van der Waals surface area contributed by atoms with Crippen molar-refractivity contribution in [3.63, 3.8) is 0 Å². The molecule has 0 radical (unpaired) electrons. The van der Waals surface area contributed by atoms with Crippen LogP contribution in [-0.4, -0.2) is 38.2 Å². The molecule has 0 spiro atoms. The minimum atomic E-state index is 0.470. The smallest absolute Gasteiger partial charge is 0.119 e. The second kappa shape index (κ2) is 6.21. The van der Waals surface area contributed by atoms with Gasteiger partial charge in [0.05, 0.1) is 7.11 Å². The number of hydrogen-bond acceptors (Lipinski definition) is 3. The highest BCUT2D eigenvalue weighted by Gasteiger charge is 2.22. The maximum absolute atomic E-state index is 5.30. The average molecular weight is 248 g/mol. The van der Waals surface area contributed by atoms with Gasteiger partial charge in [-0.2, -0.15) is 0 Å². The normalized spacial score (nSPS) is 19.7. The van der Waals surface area contributed by atoms with E-state index in [4.69, 9.17) is 4.74 Å². The molecule has 1 unspecified atom stereocenters. The third-order valence-electron chi connectivity index (χ3n) is 4.06. The summed E-state index contributed by atoms with van der Waals surface area (Å²) < 4.78 is 5.30. The second-order valence-electron chi connectivity index (χ2n) is 5.05. The Labute approximate surface area is 110 Å². The molecule has 3 heteroatoms. The Hall–Kier alpha value is -1.06. The molecule has 1 heterocycles. The predicted molar refractivity (Wildman–Crippen MR) is 75.1 cm³/mol. The third kappa shape index (κ3) is 3.03. The summed E-state index contributed by atoms with van der Waals surface area (Å²) >= 11 is 0. The van der Waals surface area contributed by atoms with Crippen molar-refractivity contribution in [2.45, 2.75) is 31.8 Å². The Morgan fingerprint density at radius 1 is 1.33 bits per heavy atom. The van der Waals surface area contributed by atoms with Gasteiger partial charge < -0.3 is 10.1 Å². The van der Waals surface area contributed by atoms with Crippen LogP contribution in [-0.2, 0) is 0 Å². The van der Waals surface area contributed by atoms with Crippen LogP contribution in [0.25, 0.3) is 0 Å². The van der Waals surface area contributed by atoms with Crippen molar-refractivity contribution in [3.8, 4) is 5.75 Å². The topological polar surface area (TPSA) is 24.5 Å². The lowest BCUT2D eigenvalue weighted by Gasteiger charge is -2.36. The van der Waals surface area contributed by atoms with E-state index >= 15 is 0 Å². The number of ether oxygens (including phenoxy) is 1. The van der Waals surface area contributed by atoms with Crippen LogP contribution >= 0.6 is 0 Å². The molecule has 1 fully saturated rings. The first-order chi connectivity index (χ1) is 8.74. The molecule has 3 nitrogen and oxygen atoms in total. The van der Waals surface area contributed by atoms with Gasteiger partial charge in [0.25, 0.3) is 0 Å². The summed E-state index contributed by atoms with van der Waals surface area (Å²) in [6, 6.07) is 9.58. The zero-order chi connectivity index (χ0) is 13.0. The van der Waals surface area contributed by atoms with Crippen molar-refractivity contribution in [2.75, 3.05) is 27.2 Å². The molecule has 0 amide bonds. The fraction of sp³-hybridized carbons (Fsp3) is 0.600. The molecule has 0 bridgehead atoms. The van der Waals surface area contributed by atoms with Crippen molar-refractivity contribution in [3.05, 3.63) is 29.8 Å². The molecule has 1 saturated heterocycles. The van der Waals surface area contributed by atoms with Crippen molar-refractivity contribution < 1.29 is 4.74 Å². The van der Waals surface area contributed by atoms with Crippen molar-refractivity contribution in [2.24, 2.45) is 0 Å². The van der Waals surface area contributed by atoms with E-state index in [-0.39, 0.29) is 0 Å². The highest BCUT2D eigenvalue weighted by Crippen LogP contribution is 2.26. The molecule has 18 heavy (non-hydrogen) atoms. The number of methoxy groups -OCH3 is 1. The number of benzene rings is 1. The summed E-state index contributed by atoms with van der Waals surface area (Å²) in [5, 5.41) is 3.37. The summed E-state index contributed by atoms with van der Waals surface area (Å²) in [6.07, 6.45) is 2.48. The maximum atomic E-state index is 5.30. The largest absolute Gasteiger partial charge is 0.497 e. The summed E-state index contributed by atoms with van der Waals surface area (Å²) in [5.74, 6) is 0.949. The predicted octanol–water partition coefficient (Wildman–Crippen LogP) is 2.44. The Morgan fingerprint density at radius 2 is 2.06 bits per heavy atom. The van der Waals surface area contributed by atoms with Crippen molar-refractivity contribution in [1.82, 2.24) is 10.2 Å². The van der Waals surface area contributed by atoms with E-state index in [1.807, 2.05) is 6.07 Å². The zero-order valence-electron chi connectivity index (χ0n) is 11.6. The van der Waals surface area contributed by atoms with Gasteiger partial charge in [-0.3, -0.25) is 4.90 Å². The number of piperidine rings is 1. The van der Waals surface area contributed by atoms with Crippen LogP contribution in [0.4, 0.5) is 0 Å². The fourth-order valence-corrected chi connectivity index (χ4v) is 2.69. The quantitative estimate of drug-likeness (QED) is 0.885. The van der Waals surface area contributed by atoms with Crippen molar-refractivity contribution in [1.29, 1.82) is 0 Å². The molecule has 1 atom stereocenters. The number of nitrogens with zero attached hydrogens (tertiary/aromatic N) is 1. The molecule has 1 aromatic rings. The van der Waals surface area contributed by atoms with Gasteiger partial charge in [-0.25, -0.2) is 0 Å². The minimum absolute atomic E-state index is 0.470. The van der Waals surface area contributed by atoms with Crippen LogP contribution < -0.4 is 10.1 Å². The molecular weight excluding hydrogens is 224 g/mol. The SMILES string of the molecule is CNC1CCN(C(C)c2cccc(OC)c2)CC1. The van der Waals surface area contributed by atoms with Gasteiger partial charge in [-0.15, -0.1) is 0 Å². The molecule has 2 rings (SSSR count). The van der Waals surface area contributed by atoms with Gasteiger partial charge in [0.1, 0.15) is 5.75 Å². The Bertz CT molecular complexity index is 373. The lowest BCUT2D eigenvalue weighted by Crippen LogP contribution is -2.42. The van der Waals surface area contributed by atoms with E-state index in [1.165, 1.54) is 31.5 Å². The molecule has 1 N–H and O–H groups in total. The molecule has 1 aliphatic heterocycles. The number of hydrogen-bond donors (Lipinski definition) is 1. The van der Waals surface area contributed by atoms with Crippen LogP contribution in [0.3, 0.4) is 0 Å². The van der Waals surface area contributed by atoms with E-state index in [0.717, 1.165) is 5.75 Å². The lowest BCUT2D eigenvalue weighted by atomic mass is 10.0. The first-order valence-corrected chi connectivity index (χ1v) is 6.80. The zero-order valence-corrected chi connectivity index (χ0v) is 11.6. The van der Waals surface area contributed by atoms with Crippen LogP contribution in [0, 0.1) is 0 Å². The highest BCUT2D eigenvalue weighted by molar-refractivity contribution is 5.30. The van der Waals surface area contributed by atoms with Gasteiger partial charge in [0.2, 0.25) is 0 Å². The molecular formula is C15H24N2O. The molecule has 1 aromatic carbocycles. The van der Waals surface area contributed by atoms with Gasteiger partial charge in [-0.1, -0.05) is 12.1 Å². The fourth-order valence-electron chi connectivity index (χ4n) is 2.69. The highest BCUT2D eigenvalue weighted by atomic mass is 16.5. The molecule has 100 valence electrons. The van der Waals surface area contributed by atoms with Gasteiger partial charge >= 0.3 is 0 Å². The summed E-state index contributed by atoms with van der Waals surface area (Å²) in [7, 11) is 3.79. The maximum Gasteiger partial charge on any atom is 0.119 e. The number of rotatable bonds is 4. The summed E-state index contributed by atoms with van der Waals surface area (Å²) in [4.78, 5) is 2.56. The molecule has 0 aliphatic carbocycles. The monoisotopic (exact) mass is 248 g/mol. The molecule has 1 aliphatic rings. The Balaban J connectivity index is 2.00. The number of likely N-dealkylation sites (tertiary alicyclic amines) is 1. The second-order valence-corrected chi connectivity index (χ2v) is 5.05. The molecule has 0 aromatic heterocycles. The van der Waals surface area contributed by atoms with E-state index in [9.17, 15) is 0 Å². The van der Waals surface area contributed by atoms with Gasteiger partial charge in [0.15, 0.2) is 0 Å². The van der Waals surface area contributed by atoms with E-state index in [0.29, 0.717) is 12.1 Å². The van der Waals surface area contributed by atoms with E-state index in [2.05, 4.69) is 42.4 Å². The first kappa shape index (κ1) is 13.4. The van der Waals surface area contributed by atoms with E-state index < -0.39 is 0 Å².